The molecule has 0 saturated heterocycles. The van der Waals surface area contributed by atoms with Gasteiger partial charge >= 0.3 is 0 Å². The maximum atomic E-state index is 12.8. The van der Waals surface area contributed by atoms with E-state index in [0.717, 1.165) is 10.5 Å². The Hall–Kier alpha value is -2.41. The quantitative estimate of drug-likeness (QED) is 0.478. The van der Waals surface area contributed by atoms with Crippen molar-refractivity contribution in [2.75, 3.05) is 18.9 Å². The number of para-hydroxylation sites is 1. The molecule has 8 heteroatoms. The van der Waals surface area contributed by atoms with Crippen LogP contribution in [0, 0.1) is 0 Å². The van der Waals surface area contributed by atoms with Crippen LogP contribution in [-0.4, -0.2) is 30.3 Å². The molecule has 1 heterocycles. The third-order valence-corrected chi connectivity index (χ3v) is 5.72. The van der Waals surface area contributed by atoms with Gasteiger partial charge < -0.3 is 14.6 Å². The van der Waals surface area contributed by atoms with Crippen LogP contribution in [0.5, 0.6) is 0 Å². The number of anilines is 1. The van der Waals surface area contributed by atoms with Crippen molar-refractivity contribution in [3.8, 4) is 0 Å². The molecule has 5 nitrogen and oxygen atoms in total. The largest absolute Gasteiger partial charge is 0.459 e. The van der Waals surface area contributed by atoms with Gasteiger partial charge in [0.25, 0.3) is 5.91 Å². The fraction of sp³-hybridized carbons (Fsp3) is 0.143. The minimum absolute atomic E-state index is 0.174. The summed E-state index contributed by atoms with van der Waals surface area (Å²) in [5, 5.41) is 3.29. The summed E-state index contributed by atoms with van der Waals surface area (Å²) in [5.41, 5.74) is 1.09. The second-order valence-electron chi connectivity index (χ2n) is 6.18. The second kappa shape index (κ2) is 9.87. The number of halogens is 2. The Morgan fingerprint density at radius 1 is 1.03 bits per heavy atom. The molecule has 0 spiro atoms. The number of carbonyl (C=O) groups is 2. The summed E-state index contributed by atoms with van der Waals surface area (Å²) in [5.74, 6) is 0.0119. The van der Waals surface area contributed by atoms with Crippen LogP contribution in [0.25, 0.3) is 0 Å². The van der Waals surface area contributed by atoms with Crippen LogP contribution in [0.15, 0.2) is 70.2 Å². The van der Waals surface area contributed by atoms with Gasteiger partial charge in [0.15, 0.2) is 5.76 Å². The van der Waals surface area contributed by atoms with Crippen LogP contribution in [-0.2, 0) is 10.5 Å². The van der Waals surface area contributed by atoms with Crippen LogP contribution in [0.2, 0.25) is 10.0 Å². The Balaban J connectivity index is 1.62. The maximum Gasteiger partial charge on any atom is 0.290 e. The van der Waals surface area contributed by atoms with Crippen molar-refractivity contribution >= 4 is 52.5 Å². The maximum absolute atomic E-state index is 12.8. The standard InChI is InChI=1S/C21H18Cl2N2O3S/c1-25(12-18(26)24-19-16(22)8-5-9-17(19)23)21(27)20-14(10-11-28-20)13-29-15-6-3-2-4-7-15/h2-11H,12-13H2,1H3,(H,24,26). The monoisotopic (exact) mass is 448 g/mol. The summed E-state index contributed by atoms with van der Waals surface area (Å²) in [7, 11) is 1.53. The van der Waals surface area contributed by atoms with Crippen molar-refractivity contribution in [1.29, 1.82) is 0 Å². The minimum Gasteiger partial charge on any atom is -0.459 e. The number of amides is 2. The van der Waals surface area contributed by atoms with Crippen molar-refractivity contribution in [2.24, 2.45) is 0 Å². The Morgan fingerprint density at radius 2 is 1.72 bits per heavy atom. The SMILES string of the molecule is CN(CC(=O)Nc1c(Cl)cccc1Cl)C(=O)c1occc1CSc1ccccc1. The van der Waals surface area contributed by atoms with Crippen molar-refractivity contribution in [3.05, 3.63) is 82.2 Å². The van der Waals surface area contributed by atoms with E-state index in [1.54, 1.807) is 36.0 Å². The number of hydrogen-bond acceptors (Lipinski definition) is 4. The van der Waals surface area contributed by atoms with Crippen LogP contribution in [0.1, 0.15) is 16.1 Å². The molecule has 0 saturated carbocycles. The lowest BCUT2D eigenvalue weighted by Gasteiger charge is -2.17. The molecule has 0 bridgehead atoms. The number of nitrogens with zero attached hydrogens (tertiary/aromatic N) is 1. The van der Waals surface area contributed by atoms with Gasteiger partial charge in [-0.05, 0) is 30.3 Å². The lowest BCUT2D eigenvalue weighted by molar-refractivity contribution is -0.116. The first-order valence-corrected chi connectivity index (χ1v) is 10.4. The Morgan fingerprint density at radius 3 is 2.41 bits per heavy atom. The average Bonchev–Trinajstić information content (AvgIpc) is 3.18. The number of furan rings is 1. The molecule has 2 amide bonds. The highest BCUT2D eigenvalue weighted by atomic mass is 35.5. The van der Waals surface area contributed by atoms with Crippen LogP contribution in [0.4, 0.5) is 5.69 Å². The molecule has 1 aromatic heterocycles. The average molecular weight is 449 g/mol. The molecule has 0 aliphatic rings. The van der Waals surface area contributed by atoms with Gasteiger partial charge in [-0.25, -0.2) is 0 Å². The van der Waals surface area contributed by atoms with Gasteiger partial charge in [-0.15, -0.1) is 11.8 Å². The summed E-state index contributed by atoms with van der Waals surface area (Å²) in [6.45, 7) is -0.174. The van der Waals surface area contributed by atoms with Crippen molar-refractivity contribution < 1.29 is 14.0 Å². The highest BCUT2D eigenvalue weighted by molar-refractivity contribution is 7.98. The topological polar surface area (TPSA) is 62.6 Å². The smallest absolute Gasteiger partial charge is 0.290 e. The van der Waals surface area contributed by atoms with Crippen molar-refractivity contribution in [2.45, 2.75) is 10.6 Å². The van der Waals surface area contributed by atoms with E-state index >= 15 is 0 Å². The van der Waals surface area contributed by atoms with Crippen LogP contribution in [0.3, 0.4) is 0 Å². The number of hydrogen-bond donors (Lipinski definition) is 1. The van der Waals surface area contributed by atoms with E-state index in [4.69, 9.17) is 27.6 Å². The molecule has 1 N–H and O–H groups in total. The van der Waals surface area contributed by atoms with Crippen molar-refractivity contribution in [3.63, 3.8) is 0 Å². The van der Waals surface area contributed by atoms with Gasteiger partial charge in [-0.3, -0.25) is 9.59 Å². The molecule has 0 fully saturated rings. The van der Waals surface area contributed by atoms with Gasteiger partial charge in [0, 0.05) is 23.3 Å². The van der Waals surface area contributed by atoms with Gasteiger partial charge in [-0.2, -0.15) is 0 Å². The minimum atomic E-state index is -0.414. The lowest BCUT2D eigenvalue weighted by Crippen LogP contribution is -2.35. The molecule has 29 heavy (non-hydrogen) atoms. The third-order valence-electron chi connectivity index (χ3n) is 4.03. The molecule has 0 aliphatic heterocycles. The molecular formula is C21H18Cl2N2O3S. The number of thioether (sulfide) groups is 1. The molecule has 0 unspecified atom stereocenters. The highest BCUT2D eigenvalue weighted by Gasteiger charge is 2.22. The summed E-state index contributed by atoms with van der Waals surface area (Å²) >= 11 is 13.7. The normalized spacial score (nSPS) is 10.6. The summed E-state index contributed by atoms with van der Waals surface area (Å²) in [6, 6.07) is 16.6. The first-order chi connectivity index (χ1) is 14.0. The Kier molecular flexibility index (Phi) is 7.25. The molecule has 3 aromatic rings. The zero-order valence-electron chi connectivity index (χ0n) is 15.5. The first-order valence-electron chi connectivity index (χ1n) is 8.69. The third kappa shape index (κ3) is 5.56. The molecule has 0 aliphatic carbocycles. The number of nitrogens with one attached hydrogen (secondary N) is 1. The van der Waals surface area contributed by atoms with Gasteiger partial charge in [-0.1, -0.05) is 47.5 Å². The number of likely N-dealkylation sites (N-methyl/N-ethyl adjacent to an activating group) is 1. The number of benzene rings is 2. The van der Waals surface area contributed by atoms with Crippen LogP contribution < -0.4 is 5.32 Å². The fourth-order valence-electron chi connectivity index (χ4n) is 2.57. The fourth-order valence-corrected chi connectivity index (χ4v) is 3.96. The zero-order chi connectivity index (χ0) is 20.8. The predicted molar refractivity (Wildman–Crippen MR) is 117 cm³/mol. The molecule has 0 radical (unpaired) electrons. The lowest BCUT2D eigenvalue weighted by atomic mass is 10.2. The number of carbonyl (C=O) groups excluding carboxylic acids is 2. The van der Waals surface area contributed by atoms with Gasteiger partial charge in [0.1, 0.15) is 0 Å². The van der Waals surface area contributed by atoms with E-state index in [1.165, 1.54) is 18.2 Å². The Labute approximate surface area is 183 Å². The van der Waals surface area contributed by atoms with E-state index in [-0.39, 0.29) is 18.2 Å². The molecule has 2 aromatic carbocycles. The molecule has 3 rings (SSSR count). The van der Waals surface area contributed by atoms with E-state index < -0.39 is 5.91 Å². The van der Waals surface area contributed by atoms with Gasteiger partial charge in [0.05, 0.1) is 28.5 Å². The van der Waals surface area contributed by atoms with Gasteiger partial charge in [0.2, 0.25) is 5.91 Å². The van der Waals surface area contributed by atoms with Crippen LogP contribution >= 0.6 is 35.0 Å². The predicted octanol–water partition coefficient (Wildman–Crippen LogP) is 5.59. The number of rotatable bonds is 7. The van der Waals surface area contributed by atoms with E-state index in [9.17, 15) is 9.59 Å². The molecular weight excluding hydrogens is 431 g/mol. The summed E-state index contributed by atoms with van der Waals surface area (Å²) < 4.78 is 5.40. The molecule has 150 valence electrons. The first kappa shape index (κ1) is 21.3. The van der Waals surface area contributed by atoms with E-state index in [1.807, 2.05) is 30.3 Å². The highest BCUT2D eigenvalue weighted by Crippen LogP contribution is 2.30. The van der Waals surface area contributed by atoms with E-state index in [2.05, 4.69) is 5.32 Å². The van der Waals surface area contributed by atoms with Crippen molar-refractivity contribution in [1.82, 2.24) is 4.90 Å². The molecule has 0 atom stereocenters. The summed E-state index contributed by atoms with van der Waals surface area (Å²) in [6.07, 6.45) is 1.48. The van der Waals surface area contributed by atoms with E-state index in [0.29, 0.717) is 21.5 Å². The zero-order valence-corrected chi connectivity index (χ0v) is 17.9. The summed E-state index contributed by atoms with van der Waals surface area (Å²) in [4.78, 5) is 27.5. The second-order valence-corrected chi connectivity index (χ2v) is 8.05. The Bertz CT molecular complexity index is 988.